The molecule has 2 aromatic carbocycles. The van der Waals surface area contributed by atoms with Crippen LogP contribution in [0.5, 0.6) is 0 Å². The Kier molecular flexibility index (Phi) is 9.17. The van der Waals surface area contributed by atoms with E-state index < -0.39 is 0 Å². The first-order valence-electron chi connectivity index (χ1n) is 14.7. The molecule has 2 aliphatic rings. The van der Waals surface area contributed by atoms with E-state index in [0.29, 0.717) is 35.6 Å². The number of Topliss-reactive ketones (excluding diaryl/α,β-unsaturated/α-hetero) is 1. The molecule has 0 saturated heterocycles. The van der Waals surface area contributed by atoms with Gasteiger partial charge in [0.25, 0.3) is 0 Å². The third-order valence-electron chi connectivity index (χ3n) is 8.35. The summed E-state index contributed by atoms with van der Waals surface area (Å²) >= 11 is 0. The van der Waals surface area contributed by atoms with Crippen LogP contribution in [0.1, 0.15) is 84.3 Å². The molecule has 3 aromatic rings. The highest BCUT2D eigenvalue weighted by Gasteiger charge is 2.30. The summed E-state index contributed by atoms with van der Waals surface area (Å²) in [5, 5.41) is 13.9. The lowest BCUT2D eigenvalue weighted by atomic mass is 9.90. The highest BCUT2D eigenvalue weighted by Crippen LogP contribution is 2.34. The van der Waals surface area contributed by atoms with Gasteiger partial charge in [-0.2, -0.15) is 0 Å². The maximum Gasteiger partial charge on any atom is 0.227 e. The van der Waals surface area contributed by atoms with E-state index in [9.17, 15) is 4.79 Å². The van der Waals surface area contributed by atoms with Crippen LogP contribution in [-0.2, 0) is 13.1 Å². The number of benzene rings is 2. The van der Waals surface area contributed by atoms with Crippen molar-refractivity contribution >= 4 is 23.1 Å². The molecule has 0 radical (unpaired) electrons. The molecule has 218 valence electrons. The Labute approximate surface area is 248 Å². The molecule has 0 unspecified atom stereocenters. The second-order valence-corrected chi connectivity index (χ2v) is 11.6. The lowest BCUT2D eigenvalue weighted by Crippen LogP contribution is -2.31. The van der Waals surface area contributed by atoms with Crippen molar-refractivity contribution in [2.24, 2.45) is 27.3 Å². The Morgan fingerprint density at radius 1 is 1.10 bits per heavy atom. The van der Waals surface area contributed by atoms with E-state index in [-0.39, 0.29) is 5.78 Å². The molecular formula is C33H40N8O. The van der Waals surface area contributed by atoms with Gasteiger partial charge < -0.3 is 11.2 Å². The van der Waals surface area contributed by atoms with Crippen LogP contribution in [0.15, 0.2) is 75.9 Å². The van der Waals surface area contributed by atoms with Gasteiger partial charge in [-0.05, 0) is 86.4 Å². The normalized spacial score (nSPS) is 19.4. The van der Waals surface area contributed by atoms with Gasteiger partial charge in [-0.3, -0.25) is 9.69 Å². The summed E-state index contributed by atoms with van der Waals surface area (Å²) < 4.78 is 0. The second-order valence-electron chi connectivity index (χ2n) is 11.6. The van der Waals surface area contributed by atoms with E-state index in [2.05, 4.69) is 75.8 Å². The zero-order chi connectivity index (χ0) is 29.6. The van der Waals surface area contributed by atoms with Crippen molar-refractivity contribution in [3.8, 4) is 0 Å². The maximum absolute atomic E-state index is 13.0. The fourth-order valence-corrected chi connectivity index (χ4v) is 6.14. The van der Waals surface area contributed by atoms with Gasteiger partial charge in [0.05, 0.1) is 11.4 Å². The average Bonchev–Trinajstić information content (AvgIpc) is 3.30. The largest absolute Gasteiger partial charge is 0.324 e. The van der Waals surface area contributed by atoms with Crippen LogP contribution in [0.3, 0.4) is 0 Å². The van der Waals surface area contributed by atoms with Crippen LogP contribution in [0.4, 0.5) is 11.6 Å². The molecule has 9 heteroatoms. The third kappa shape index (κ3) is 7.15. The monoisotopic (exact) mass is 564 g/mol. The molecule has 0 fully saturated rings. The van der Waals surface area contributed by atoms with Crippen molar-refractivity contribution in [3.63, 3.8) is 0 Å². The zero-order valence-corrected chi connectivity index (χ0v) is 25.0. The van der Waals surface area contributed by atoms with E-state index in [1.165, 1.54) is 22.3 Å². The number of aromatic nitrogens is 2. The molecule has 9 nitrogen and oxygen atoms in total. The van der Waals surface area contributed by atoms with Crippen molar-refractivity contribution in [2.75, 3.05) is 5.32 Å². The summed E-state index contributed by atoms with van der Waals surface area (Å²) in [6, 6.07) is 14.4. The molecule has 2 heterocycles. The topological polar surface area (TPSA) is 121 Å². The number of ketones is 1. The van der Waals surface area contributed by atoms with E-state index in [4.69, 9.17) is 10.8 Å². The summed E-state index contributed by atoms with van der Waals surface area (Å²) in [4.78, 5) is 25.0. The standard InChI is InChI=1S/C33H40N8O/c1-21-14-22(2)16-29(15-21)36-33-35-18-28-19-41(20-31(28)37-33)30-7-5-6-25(23(3)17-30)12-13-32(42)27-10-8-26(9-11-27)24(4)38-40-39-34/h6,8-11,14-16,18,23,30H,5,7,12-13,17,19-20H2,1-4H3,(H2,34,40)(H,35,36,37)/b38-24+/t23-,30-/m1/s1. The van der Waals surface area contributed by atoms with Crippen LogP contribution < -0.4 is 11.2 Å². The van der Waals surface area contributed by atoms with E-state index in [1.807, 2.05) is 37.4 Å². The summed E-state index contributed by atoms with van der Waals surface area (Å²) in [6.45, 7) is 10.1. The zero-order valence-electron chi connectivity index (χ0n) is 25.0. The first-order chi connectivity index (χ1) is 20.3. The Morgan fingerprint density at radius 2 is 1.83 bits per heavy atom. The minimum Gasteiger partial charge on any atom is -0.324 e. The number of fused-ring (bicyclic) bond motifs is 1. The predicted molar refractivity (Wildman–Crippen MR) is 167 cm³/mol. The van der Waals surface area contributed by atoms with Crippen molar-refractivity contribution in [1.29, 1.82) is 0 Å². The number of anilines is 2. The Bertz CT molecular complexity index is 1510. The molecule has 0 saturated carbocycles. The summed E-state index contributed by atoms with van der Waals surface area (Å²) in [7, 11) is 0. The number of nitrogens with two attached hydrogens (primary N) is 1. The summed E-state index contributed by atoms with van der Waals surface area (Å²) in [5.74, 6) is 6.26. The Morgan fingerprint density at radius 3 is 2.57 bits per heavy atom. The first-order valence-corrected chi connectivity index (χ1v) is 14.7. The number of aryl methyl sites for hydroxylation is 2. The van der Waals surface area contributed by atoms with Gasteiger partial charge in [-0.25, -0.2) is 9.97 Å². The molecule has 2 atom stereocenters. The van der Waals surface area contributed by atoms with Gasteiger partial charge in [0.15, 0.2) is 5.78 Å². The smallest absolute Gasteiger partial charge is 0.227 e. The summed E-state index contributed by atoms with van der Waals surface area (Å²) in [6.07, 6.45) is 8.90. The van der Waals surface area contributed by atoms with Gasteiger partial charge >= 0.3 is 0 Å². The molecule has 0 spiro atoms. The molecule has 42 heavy (non-hydrogen) atoms. The number of allylic oxidation sites excluding steroid dienone is 2. The summed E-state index contributed by atoms with van der Waals surface area (Å²) in [5.41, 5.74) is 9.47. The molecule has 1 aromatic heterocycles. The molecular weight excluding hydrogens is 524 g/mol. The number of carbonyl (C=O) groups excluding carboxylic acids is 1. The van der Waals surface area contributed by atoms with Crippen molar-refractivity contribution in [2.45, 2.75) is 78.9 Å². The molecule has 0 amide bonds. The number of rotatable bonds is 9. The van der Waals surface area contributed by atoms with Gasteiger partial charge in [0.2, 0.25) is 5.95 Å². The van der Waals surface area contributed by atoms with Crippen molar-refractivity contribution < 1.29 is 4.79 Å². The van der Waals surface area contributed by atoms with Crippen LogP contribution in [0, 0.1) is 19.8 Å². The van der Waals surface area contributed by atoms with Crippen molar-refractivity contribution in [1.82, 2.24) is 14.9 Å². The van der Waals surface area contributed by atoms with E-state index in [0.717, 1.165) is 55.7 Å². The van der Waals surface area contributed by atoms with Crippen LogP contribution >= 0.6 is 0 Å². The molecule has 1 aliphatic carbocycles. The van der Waals surface area contributed by atoms with Gasteiger partial charge in [-0.1, -0.05) is 54.1 Å². The van der Waals surface area contributed by atoms with E-state index in [1.54, 1.807) is 0 Å². The molecule has 3 N–H and O–H groups in total. The Hall–Kier alpha value is -4.24. The van der Waals surface area contributed by atoms with Gasteiger partial charge in [0, 0.05) is 48.6 Å². The van der Waals surface area contributed by atoms with Crippen LogP contribution in [0.2, 0.25) is 0 Å². The lowest BCUT2D eigenvalue weighted by Gasteiger charge is -2.28. The predicted octanol–water partition coefficient (Wildman–Crippen LogP) is 6.98. The SMILES string of the molecule is C/C(=N\N=N/N)c1ccc(C(=O)CCC2=CCC[C@@H](N3Cc4cnc(Nc5cc(C)cc(C)c5)nc4C3)C[C@H]2C)cc1. The minimum atomic E-state index is 0.158. The highest BCUT2D eigenvalue weighted by molar-refractivity contribution is 6.01. The minimum absolute atomic E-state index is 0.158. The number of carbonyl (C=O) groups is 1. The molecule has 5 rings (SSSR count). The Balaban J connectivity index is 1.14. The number of nitrogens with one attached hydrogen (secondary N) is 1. The fourth-order valence-electron chi connectivity index (χ4n) is 6.14. The highest BCUT2D eigenvalue weighted by atomic mass is 16.1. The average molecular weight is 565 g/mol. The fraction of sp³-hybridized carbons (Fsp3) is 0.394. The lowest BCUT2D eigenvalue weighted by molar-refractivity contribution is 0.0981. The first kappa shape index (κ1) is 29.3. The third-order valence-corrected chi connectivity index (χ3v) is 8.35. The van der Waals surface area contributed by atoms with E-state index >= 15 is 0 Å². The van der Waals surface area contributed by atoms with Crippen LogP contribution in [0.25, 0.3) is 0 Å². The second kappa shape index (κ2) is 13.2. The molecule has 1 aliphatic heterocycles. The number of hydrogen-bond donors (Lipinski definition) is 2. The number of hydrogen-bond acceptors (Lipinski definition) is 7. The number of nitrogens with zero attached hydrogens (tertiary/aromatic N) is 6. The maximum atomic E-state index is 13.0. The van der Waals surface area contributed by atoms with Gasteiger partial charge in [-0.15, -0.1) is 5.10 Å². The van der Waals surface area contributed by atoms with Crippen molar-refractivity contribution in [3.05, 3.63) is 93.8 Å². The van der Waals surface area contributed by atoms with Gasteiger partial charge in [0.1, 0.15) is 0 Å². The molecule has 0 bridgehead atoms. The quantitative estimate of drug-likeness (QED) is 0.0722. The van der Waals surface area contributed by atoms with Crippen LogP contribution in [-0.4, -0.2) is 32.4 Å².